The lowest BCUT2D eigenvalue weighted by atomic mass is 10.1. The van der Waals surface area contributed by atoms with E-state index in [2.05, 4.69) is 50.7 Å². The molecule has 4 rings (SSSR count). The fourth-order valence-electron chi connectivity index (χ4n) is 3.75. The predicted molar refractivity (Wildman–Crippen MR) is 118 cm³/mol. The molecular formula is C23H28N6O. The van der Waals surface area contributed by atoms with Gasteiger partial charge in [-0.3, -0.25) is 4.79 Å². The van der Waals surface area contributed by atoms with Crippen molar-refractivity contribution >= 4 is 11.6 Å². The van der Waals surface area contributed by atoms with Gasteiger partial charge in [-0.15, -0.1) is 5.10 Å². The van der Waals surface area contributed by atoms with Crippen LogP contribution in [0.1, 0.15) is 27.3 Å². The number of likely N-dealkylation sites (N-methyl/N-ethyl adjacent to an activating group) is 1. The molecule has 30 heavy (non-hydrogen) atoms. The number of carbonyl (C=O) groups excluding carboxylic acids is 1. The first kappa shape index (κ1) is 20.1. The Morgan fingerprint density at radius 2 is 1.70 bits per heavy atom. The maximum Gasteiger partial charge on any atom is 0.274 e. The van der Waals surface area contributed by atoms with Crippen LogP contribution in [0.25, 0.3) is 5.69 Å². The van der Waals surface area contributed by atoms with Crippen LogP contribution in [0.3, 0.4) is 0 Å². The summed E-state index contributed by atoms with van der Waals surface area (Å²) in [7, 11) is 2.15. The van der Waals surface area contributed by atoms with Gasteiger partial charge in [-0.25, -0.2) is 4.68 Å². The molecule has 1 aliphatic rings. The number of aromatic nitrogens is 3. The van der Waals surface area contributed by atoms with Crippen molar-refractivity contribution < 1.29 is 4.79 Å². The minimum absolute atomic E-state index is 0.209. The van der Waals surface area contributed by atoms with Crippen LogP contribution in [-0.4, -0.2) is 59.0 Å². The number of para-hydroxylation sites is 1. The number of hydrogen-bond acceptors (Lipinski definition) is 5. The van der Waals surface area contributed by atoms with E-state index in [0.29, 0.717) is 12.2 Å². The van der Waals surface area contributed by atoms with Crippen molar-refractivity contribution in [2.75, 3.05) is 38.1 Å². The zero-order valence-electron chi connectivity index (χ0n) is 17.8. The second kappa shape index (κ2) is 8.67. The molecule has 1 aliphatic heterocycles. The van der Waals surface area contributed by atoms with Crippen molar-refractivity contribution in [2.45, 2.75) is 20.4 Å². The van der Waals surface area contributed by atoms with Gasteiger partial charge < -0.3 is 15.1 Å². The van der Waals surface area contributed by atoms with E-state index >= 15 is 0 Å². The third-order valence-corrected chi connectivity index (χ3v) is 5.66. The molecular weight excluding hydrogens is 376 g/mol. The number of benzene rings is 2. The molecule has 1 amide bonds. The Morgan fingerprint density at radius 3 is 2.43 bits per heavy atom. The van der Waals surface area contributed by atoms with Crippen LogP contribution in [0.4, 0.5) is 5.69 Å². The van der Waals surface area contributed by atoms with Gasteiger partial charge in [-0.2, -0.15) is 0 Å². The quantitative estimate of drug-likeness (QED) is 0.708. The number of amides is 1. The highest BCUT2D eigenvalue weighted by Crippen LogP contribution is 2.22. The minimum atomic E-state index is -0.209. The molecule has 0 bridgehead atoms. The number of carbonyl (C=O) groups is 1. The third kappa shape index (κ3) is 4.21. The molecule has 0 unspecified atom stereocenters. The fourth-order valence-corrected chi connectivity index (χ4v) is 3.75. The van der Waals surface area contributed by atoms with Crippen molar-refractivity contribution in [1.82, 2.24) is 25.2 Å². The summed E-state index contributed by atoms with van der Waals surface area (Å²) in [6.07, 6.45) is 0. The van der Waals surface area contributed by atoms with Gasteiger partial charge in [0, 0.05) is 38.4 Å². The smallest absolute Gasteiger partial charge is 0.274 e. The Kier molecular flexibility index (Phi) is 5.81. The average molecular weight is 405 g/mol. The number of nitrogens with one attached hydrogen (secondary N) is 1. The maximum atomic E-state index is 12.8. The number of hydrogen-bond donors (Lipinski definition) is 1. The third-order valence-electron chi connectivity index (χ3n) is 5.66. The number of nitrogens with zero attached hydrogens (tertiary/aromatic N) is 5. The molecule has 1 N–H and O–H groups in total. The van der Waals surface area contributed by atoms with Crippen LogP contribution in [0.15, 0.2) is 48.5 Å². The van der Waals surface area contributed by atoms with E-state index in [0.717, 1.165) is 43.1 Å². The highest BCUT2D eigenvalue weighted by Gasteiger charge is 2.19. The molecule has 0 saturated carbocycles. The molecule has 0 spiro atoms. The summed E-state index contributed by atoms with van der Waals surface area (Å²) in [6.45, 7) is 8.43. The zero-order valence-corrected chi connectivity index (χ0v) is 17.8. The van der Waals surface area contributed by atoms with Crippen molar-refractivity contribution in [3.05, 3.63) is 71.0 Å². The van der Waals surface area contributed by atoms with Crippen LogP contribution in [0.5, 0.6) is 0 Å². The lowest BCUT2D eigenvalue weighted by Crippen LogP contribution is -2.45. The first-order valence-corrected chi connectivity index (χ1v) is 10.3. The van der Waals surface area contributed by atoms with E-state index < -0.39 is 0 Å². The van der Waals surface area contributed by atoms with Gasteiger partial charge in [0.2, 0.25) is 0 Å². The summed E-state index contributed by atoms with van der Waals surface area (Å²) < 4.78 is 1.70. The molecule has 3 aromatic rings. The van der Waals surface area contributed by atoms with Crippen LogP contribution in [-0.2, 0) is 6.54 Å². The number of aryl methyl sites for hydroxylation is 1. The average Bonchev–Trinajstić information content (AvgIpc) is 3.15. The van der Waals surface area contributed by atoms with Gasteiger partial charge in [0.25, 0.3) is 5.91 Å². The van der Waals surface area contributed by atoms with Crippen LogP contribution >= 0.6 is 0 Å². The second-order valence-electron chi connectivity index (χ2n) is 7.87. The number of rotatable bonds is 5. The van der Waals surface area contributed by atoms with Crippen LogP contribution in [0, 0.1) is 13.8 Å². The Labute approximate surface area is 177 Å². The van der Waals surface area contributed by atoms with Gasteiger partial charge in [-0.05, 0) is 44.7 Å². The topological polar surface area (TPSA) is 66.3 Å². The van der Waals surface area contributed by atoms with Gasteiger partial charge >= 0.3 is 0 Å². The normalized spacial score (nSPS) is 14.7. The van der Waals surface area contributed by atoms with Gasteiger partial charge in [-0.1, -0.05) is 41.1 Å². The summed E-state index contributed by atoms with van der Waals surface area (Å²) in [4.78, 5) is 17.5. The van der Waals surface area contributed by atoms with E-state index in [1.54, 1.807) is 4.68 Å². The zero-order chi connectivity index (χ0) is 21.1. The molecule has 1 aromatic heterocycles. The molecule has 2 heterocycles. The van der Waals surface area contributed by atoms with E-state index in [4.69, 9.17) is 0 Å². The molecule has 156 valence electrons. The standard InChI is InChI=1S/C23H28N6O/c1-17-8-10-20(11-9-17)29-18(2)22(25-26-29)23(30)24-16-19-6-4-5-7-21(19)28-14-12-27(3)13-15-28/h4-11H,12-16H2,1-3H3,(H,24,30). The summed E-state index contributed by atoms with van der Waals surface area (Å²) in [5, 5.41) is 11.3. The molecule has 1 saturated heterocycles. The van der Waals surface area contributed by atoms with Gasteiger partial charge in [0.15, 0.2) is 5.69 Å². The molecule has 0 aliphatic carbocycles. The van der Waals surface area contributed by atoms with Crippen molar-refractivity contribution in [2.24, 2.45) is 0 Å². The van der Waals surface area contributed by atoms with E-state index in [1.807, 2.05) is 44.2 Å². The minimum Gasteiger partial charge on any atom is -0.369 e. The summed E-state index contributed by atoms with van der Waals surface area (Å²) >= 11 is 0. The monoisotopic (exact) mass is 404 g/mol. The molecule has 0 atom stereocenters. The Balaban J connectivity index is 1.46. The summed E-state index contributed by atoms with van der Waals surface area (Å²) in [5.74, 6) is -0.209. The highest BCUT2D eigenvalue weighted by molar-refractivity contribution is 5.93. The van der Waals surface area contributed by atoms with Gasteiger partial charge in [0.1, 0.15) is 0 Å². The Morgan fingerprint density at radius 1 is 1.00 bits per heavy atom. The molecule has 7 nitrogen and oxygen atoms in total. The lowest BCUT2D eigenvalue weighted by Gasteiger charge is -2.35. The highest BCUT2D eigenvalue weighted by atomic mass is 16.2. The van der Waals surface area contributed by atoms with Crippen molar-refractivity contribution in [1.29, 1.82) is 0 Å². The maximum absolute atomic E-state index is 12.8. The van der Waals surface area contributed by atoms with Crippen molar-refractivity contribution in [3.63, 3.8) is 0 Å². The Hall–Kier alpha value is -3.19. The lowest BCUT2D eigenvalue weighted by molar-refractivity contribution is 0.0945. The molecule has 2 aromatic carbocycles. The first-order chi connectivity index (χ1) is 14.5. The summed E-state index contributed by atoms with van der Waals surface area (Å²) in [6, 6.07) is 16.3. The predicted octanol–water partition coefficient (Wildman–Crippen LogP) is 2.57. The van der Waals surface area contributed by atoms with E-state index in [1.165, 1.54) is 11.3 Å². The molecule has 7 heteroatoms. The summed E-state index contributed by atoms with van der Waals surface area (Å²) in [5.41, 5.74) is 5.44. The van der Waals surface area contributed by atoms with Crippen LogP contribution < -0.4 is 10.2 Å². The van der Waals surface area contributed by atoms with E-state index in [9.17, 15) is 4.79 Å². The fraction of sp³-hybridized carbons (Fsp3) is 0.348. The van der Waals surface area contributed by atoms with Crippen molar-refractivity contribution in [3.8, 4) is 5.69 Å². The molecule has 1 fully saturated rings. The number of piperazine rings is 1. The van der Waals surface area contributed by atoms with Gasteiger partial charge in [0.05, 0.1) is 11.4 Å². The molecule has 0 radical (unpaired) electrons. The SMILES string of the molecule is Cc1ccc(-n2nnc(C(=O)NCc3ccccc3N3CCN(C)CC3)c2C)cc1. The van der Waals surface area contributed by atoms with E-state index in [-0.39, 0.29) is 5.91 Å². The second-order valence-corrected chi connectivity index (χ2v) is 7.87. The largest absolute Gasteiger partial charge is 0.369 e. The Bertz CT molecular complexity index is 1020. The number of anilines is 1. The first-order valence-electron chi connectivity index (χ1n) is 10.3. The van der Waals surface area contributed by atoms with Crippen LogP contribution in [0.2, 0.25) is 0 Å².